The molecule has 1 unspecified atom stereocenters. The number of halogens is 1. The molecule has 0 radical (unpaired) electrons. The zero-order valence-electron chi connectivity index (χ0n) is 9.00. The smallest absolute Gasteiger partial charge is 0.231 e. The van der Waals surface area contributed by atoms with Gasteiger partial charge in [-0.25, -0.2) is 0 Å². The first-order valence-electron chi connectivity index (χ1n) is 5.12. The highest BCUT2D eigenvalue weighted by atomic mass is 35.5. The molecule has 0 aliphatic carbocycles. The lowest BCUT2D eigenvalue weighted by Crippen LogP contribution is -2.08. The van der Waals surface area contributed by atoms with Gasteiger partial charge in [0.2, 0.25) is 6.79 Å². The van der Waals surface area contributed by atoms with Crippen molar-refractivity contribution in [1.82, 2.24) is 0 Å². The molecule has 1 aromatic carbocycles. The molecule has 2 rings (SSSR count). The summed E-state index contributed by atoms with van der Waals surface area (Å²) in [5.74, 6) is 1.14. The van der Waals surface area contributed by atoms with Gasteiger partial charge < -0.3 is 20.3 Å². The number of hydrogen-bond donors (Lipinski definition) is 2. The molecule has 0 spiro atoms. The second kappa shape index (κ2) is 4.49. The largest absolute Gasteiger partial charge is 0.454 e. The van der Waals surface area contributed by atoms with Crippen molar-refractivity contribution in [3.05, 3.63) is 22.2 Å². The molecule has 1 aliphatic rings. The van der Waals surface area contributed by atoms with Gasteiger partial charge in [-0.15, -0.1) is 0 Å². The SMILES string of the molecule is Cc1c(C(O)CCN)cc2c(c1Cl)OCO2. The number of benzene rings is 1. The maximum Gasteiger partial charge on any atom is 0.231 e. The number of ether oxygens (including phenoxy) is 2. The molecule has 3 N–H and O–H groups in total. The Morgan fingerprint density at radius 2 is 2.31 bits per heavy atom. The average molecular weight is 244 g/mol. The van der Waals surface area contributed by atoms with Crippen LogP contribution in [0.15, 0.2) is 6.07 Å². The van der Waals surface area contributed by atoms with Gasteiger partial charge in [-0.05, 0) is 37.1 Å². The van der Waals surface area contributed by atoms with Crippen molar-refractivity contribution in [1.29, 1.82) is 0 Å². The third-order valence-electron chi connectivity index (χ3n) is 2.69. The normalized spacial score (nSPS) is 15.2. The summed E-state index contributed by atoms with van der Waals surface area (Å²) in [5, 5.41) is 10.4. The molecule has 88 valence electrons. The summed E-state index contributed by atoms with van der Waals surface area (Å²) in [6, 6.07) is 1.77. The van der Waals surface area contributed by atoms with Crippen molar-refractivity contribution in [3.8, 4) is 11.5 Å². The Hall–Kier alpha value is -0.970. The summed E-state index contributed by atoms with van der Waals surface area (Å²) in [6.07, 6.45) is -0.117. The average Bonchev–Trinajstić information content (AvgIpc) is 2.71. The molecule has 0 saturated carbocycles. The Bertz CT molecular complexity index is 409. The highest BCUT2D eigenvalue weighted by Gasteiger charge is 2.23. The molecule has 0 aromatic heterocycles. The highest BCUT2D eigenvalue weighted by molar-refractivity contribution is 6.33. The van der Waals surface area contributed by atoms with Crippen LogP contribution in [-0.4, -0.2) is 18.4 Å². The molecule has 1 heterocycles. The van der Waals surface area contributed by atoms with Crippen molar-refractivity contribution < 1.29 is 14.6 Å². The molecule has 0 fully saturated rings. The van der Waals surface area contributed by atoms with E-state index in [1.165, 1.54) is 0 Å². The molecular formula is C11H14ClNO3. The second-order valence-corrected chi connectivity index (χ2v) is 4.11. The summed E-state index contributed by atoms with van der Waals surface area (Å²) in [7, 11) is 0. The zero-order chi connectivity index (χ0) is 11.7. The van der Waals surface area contributed by atoms with Crippen LogP contribution in [0.4, 0.5) is 0 Å². The van der Waals surface area contributed by atoms with Crippen LogP contribution in [0, 0.1) is 6.92 Å². The third-order valence-corrected chi connectivity index (χ3v) is 3.14. The maximum atomic E-state index is 9.92. The quantitative estimate of drug-likeness (QED) is 0.849. The standard InChI is InChI=1S/C11H14ClNO3/c1-6-7(8(14)2-3-13)4-9-11(10(6)12)16-5-15-9/h4,8,14H,2-3,5,13H2,1H3. The van der Waals surface area contributed by atoms with Crippen molar-refractivity contribution in [2.75, 3.05) is 13.3 Å². The van der Waals surface area contributed by atoms with Crippen molar-refractivity contribution in [2.24, 2.45) is 5.73 Å². The lowest BCUT2D eigenvalue weighted by atomic mass is 10.00. The van der Waals surface area contributed by atoms with Crippen LogP contribution in [0.3, 0.4) is 0 Å². The van der Waals surface area contributed by atoms with E-state index in [1.54, 1.807) is 6.07 Å². The van der Waals surface area contributed by atoms with Gasteiger partial charge in [0.15, 0.2) is 11.5 Å². The molecule has 5 heteroatoms. The molecule has 4 nitrogen and oxygen atoms in total. The molecule has 0 saturated heterocycles. The molecule has 1 atom stereocenters. The fourth-order valence-corrected chi connectivity index (χ4v) is 2.03. The summed E-state index contributed by atoms with van der Waals surface area (Å²) < 4.78 is 10.5. The van der Waals surface area contributed by atoms with E-state index in [2.05, 4.69) is 0 Å². The summed E-state index contributed by atoms with van der Waals surface area (Å²) in [5.41, 5.74) is 6.98. The summed E-state index contributed by atoms with van der Waals surface area (Å²) >= 11 is 6.14. The molecule has 1 aromatic rings. The van der Waals surface area contributed by atoms with E-state index >= 15 is 0 Å². The number of fused-ring (bicyclic) bond motifs is 1. The Morgan fingerprint density at radius 3 is 3.00 bits per heavy atom. The van der Waals surface area contributed by atoms with Gasteiger partial charge in [-0.2, -0.15) is 0 Å². The first-order valence-corrected chi connectivity index (χ1v) is 5.49. The minimum Gasteiger partial charge on any atom is -0.454 e. The number of aliphatic hydroxyl groups excluding tert-OH is 1. The van der Waals surface area contributed by atoms with E-state index in [4.69, 9.17) is 26.8 Å². The second-order valence-electron chi connectivity index (χ2n) is 3.73. The Balaban J connectivity index is 2.43. The third kappa shape index (κ3) is 1.84. The number of rotatable bonds is 3. The van der Waals surface area contributed by atoms with Gasteiger partial charge in [0.1, 0.15) is 0 Å². The van der Waals surface area contributed by atoms with E-state index in [-0.39, 0.29) is 6.79 Å². The Labute approximate surface area is 98.9 Å². The van der Waals surface area contributed by atoms with Crippen molar-refractivity contribution >= 4 is 11.6 Å². The maximum absolute atomic E-state index is 9.92. The van der Waals surface area contributed by atoms with E-state index in [9.17, 15) is 5.11 Å². The van der Waals surface area contributed by atoms with Crippen LogP contribution in [0.1, 0.15) is 23.7 Å². The first-order chi connectivity index (χ1) is 7.65. The predicted molar refractivity (Wildman–Crippen MR) is 60.9 cm³/mol. The number of nitrogens with two attached hydrogens (primary N) is 1. The van der Waals surface area contributed by atoms with Crippen molar-refractivity contribution in [3.63, 3.8) is 0 Å². The lowest BCUT2D eigenvalue weighted by molar-refractivity contribution is 0.167. The first kappa shape index (κ1) is 11.5. The predicted octanol–water partition coefficient (Wildman–Crippen LogP) is 1.76. The van der Waals surface area contributed by atoms with Crippen molar-refractivity contribution in [2.45, 2.75) is 19.4 Å². The van der Waals surface area contributed by atoms with Crippen LogP contribution < -0.4 is 15.2 Å². The summed E-state index contributed by atoms with van der Waals surface area (Å²) in [4.78, 5) is 0. The van der Waals surface area contributed by atoms with Gasteiger partial charge >= 0.3 is 0 Å². The number of aliphatic hydroxyl groups is 1. The summed E-state index contributed by atoms with van der Waals surface area (Å²) in [6.45, 7) is 2.44. The minimum absolute atomic E-state index is 0.172. The fourth-order valence-electron chi connectivity index (χ4n) is 1.77. The van der Waals surface area contributed by atoms with Gasteiger partial charge in [0.05, 0.1) is 11.1 Å². The Kier molecular flexibility index (Phi) is 3.23. The molecular weight excluding hydrogens is 230 g/mol. The fraction of sp³-hybridized carbons (Fsp3) is 0.455. The highest BCUT2D eigenvalue weighted by Crippen LogP contribution is 2.44. The van der Waals surface area contributed by atoms with Crippen LogP contribution in [-0.2, 0) is 0 Å². The lowest BCUT2D eigenvalue weighted by Gasteiger charge is -2.15. The molecule has 0 bridgehead atoms. The molecule has 16 heavy (non-hydrogen) atoms. The van der Waals surface area contributed by atoms with Gasteiger partial charge in [-0.1, -0.05) is 11.6 Å². The van der Waals surface area contributed by atoms with Gasteiger partial charge in [0, 0.05) is 0 Å². The topological polar surface area (TPSA) is 64.7 Å². The number of hydrogen-bond acceptors (Lipinski definition) is 4. The molecule has 1 aliphatic heterocycles. The van der Waals surface area contributed by atoms with Crippen LogP contribution in [0.25, 0.3) is 0 Å². The van der Waals surface area contributed by atoms with E-state index < -0.39 is 6.10 Å². The van der Waals surface area contributed by atoms with E-state index in [0.717, 1.165) is 11.1 Å². The van der Waals surface area contributed by atoms with Crippen LogP contribution >= 0.6 is 11.6 Å². The van der Waals surface area contributed by atoms with E-state index in [1.807, 2.05) is 6.92 Å². The minimum atomic E-state index is -0.614. The van der Waals surface area contributed by atoms with Crippen LogP contribution in [0.2, 0.25) is 5.02 Å². The zero-order valence-corrected chi connectivity index (χ0v) is 9.75. The molecule has 0 amide bonds. The van der Waals surface area contributed by atoms with E-state index in [0.29, 0.717) is 29.5 Å². The van der Waals surface area contributed by atoms with Gasteiger partial charge in [0.25, 0.3) is 0 Å². The van der Waals surface area contributed by atoms with Gasteiger partial charge in [-0.3, -0.25) is 0 Å². The monoisotopic (exact) mass is 243 g/mol. The Morgan fingerprint density at radius 1 is 1.56 bits per heavy atom. The van der Waals surface area contributed by atoms with Crippen LogP contribution in [0.5, 0.6) is 11.5 Å².